The van der Waals surface area contributed by atoms with Gasteiger partial charge < -0.3 is 10.6 Å². The number of nitrogens with two attached hydrogens (primary N) is 1. The van der Waals surface area contributed by atoms with Crippen molar-refractivity contribution < 1.29 is 4.84 Å². The van der Waals surface area contributed by atoms with Crippen LogP contribution in [0.25, 0.3) is 6.08 Å². The first-order valence-corrected chi connectivity index (χ1v) is 4.74. The lowest BCUT2D eigenvalue weighted by Gasteiger charge is -2.20. The van der Waals surface area contributed by atoms with E-state index in [1.807, 2.05) is 51.4 Å². The fourth-order valence-electron chi connectivity index (χ4n) is 1.15. The van der Waals surface area contributed by atoms with Gasteiger partial charge in [0.1, 0.15) is 0 Å². The number of fused-ring (bicyclic) bond motifs is 1. The molecule has 0 saturated carbocycles. The van der Waals surface area contributed by atoms with Crippen LogP contribution in [0.1, 0.15) is 19.4 Å². The molecule has 0 amide bonds. The molecule has 1 aliphatic rings. The van der Waals surface area contributed by atoms with E-state index in [1.54, 1.807) is 5.06 Å². The molecule has 0 aromatic heterocycles. The van der Waals surface area contributed by atoms with Gasteiger partial charge in [-0.15, -0.1) is 0 Å². The molecular formula is C11H16N2O. The maximum absolute atomic E-state index is 5.61. The van der Waals surface area contributed by atoms with E-state index < -0.39 is 0 Å². The van der Waals surface area contributed by atoms with Gasteiger partial charge in [0, 0.05) is 24.5 Å². The molecule has 76 valence electrons. The topological polar surface area (TPSA) is 38.5 Å². The summed E-state index contributed by atoms with van der Waals surface area (Å²) >= 11 is 0. The molecular weight excluding hydrogens is 176 g/mol. The van der Waals surface area contributed by atoms with Crippen LogP contribution in [0.2, 0.25) is 0 Å². The summed E-state index contributed by atoms with van der Waals surface area (Å²) in [6, 6.07) is 5.58. The molecule has 3 nitrogen and oxygen atoms in total. The van der Waals surface area contributed by atoms with Crippen LogP contribution >= 0.6 is 0 Å². The molecule has 2 N–H and O–H groups in total. The minimum absolute atomic E-state index is 0.756. The lowest BCUT2D eigenvalue weighted by Crippen LogP contribution is -2.18. The number of hydrogen-bond donors (Lipinski definition) is 1. The average Bonchev–Trinajstić information content (AvgIpc) is 2.21. The van der Waals surface area contributed by atoms with Gasteiger partial charge in [0.15, 0.2) is 5.75 Å². The molecule has 0 saturated heterocycles. The third kappa shape index (κ3) is 2.19. The highest BCUT2D eigenvalue weighted by molar-refractivity contribution is 5.63. The normalized spacial score (nSPS) is 12.4. The van der Waals surface area contributed by atoms with Crippen molar-refractivity contribution >= 4 is 11.8 Å². The van der Waals surface area contributed by atoms with Gasteiger partial charge in [0.05, 0.1) is 0 Å². The van der Waals surface area contributed by atoms with E-state index >= 15 is 0 Å². The molecule has 0 aliphatic carbocycles. The molecule has 0 bridgehead atoms. The van der Waals surface area contributed by atoms with Gasteiger partial charge in [0.2, 0.25) is 0 Å². The Balaban J connectivity index is 0.000000461. The number of benzene rings is 1. The Kier molecular flexibility index (Phi) is 3.40. The summed E-state index contributed by atoms with van der Waals surface area (Å²) in [4.78, 5) is 5.38. The first-order chi connectivity index (χ1) is 6.75. The molecule has 1 aromatic carbocycles. The van der Waals surface area contributed by atoms with Crippen LogP contribution in [0.4, 0.5) is 5.69 Å². The molecule has 0 radical (unpaired) electrons. The minimum atomic E-state index is 0.756. The van der Waals surface area contributed by atoms with Crippen molar-refractivity contribution in [3.8, 4) is 5.75 Å². The van der Waals surface area contributed by atoms with Crippen molar-refractivity contribution in [2.75, 3.05) is 12.8 Å². The van der Waals surface area contributed by atoms with Crippen molar-refractivity contribution in [3.63, 3.8) is 0 Å². The van der Waals surface area contributed by atoms with Crippen LogP contribution in [-0.4, -0.2) is 12.1 Å². The summed E-state index contributed by atoms with van der Waals surface area (Å²) in [5.41, 5.74) is 7.39. The second-order valence-corrected chi connectivity index (χ2v) is 2.75. The Labute approximate surface area is 84.7 Å². The van der Waals surface area contributed by atoms with Crippen LogP contribution in [0.3, 0.4) is 0 Å². The predicted octanol–water partition coefficient (Wildman–Crippen LogP) is 2.50. The number of nitrogen functional groups attached to an aromatic ring is 1. The Bertz CT molecular complexity index is 334. The zero-order valence-electron chi connectivity index (χ0n) is 8.82. The lowest BCUT2D eigenvalue weighted by molar-refractivity contribution is 0.0188. The van der Waals surface area contributed by atoms with Crippen LogP contribution in [0.15, 0.2) is 24.4 Å². The first-order valence-electron chi connectivity index (χ1n) is 4.74. The van der Waals surface area contributed by atoms with Crippen molar-refractivity contribution in [1.82, 2.24) is 5.06 Å². The summed E-state index contributed by atoms with van der Waals surface area (Å²) in [5.74, 6) is 0.842. The third-order valence-corrected chi connectivity index (χ3v) is 1.74. The van der Waals surface area contributed by atoms with Gasteiger partial charge in [-0.3, -0.25) is 0 Å². The second-order valence-electron chi connectivity index (χ2n) is 2.75. The first kappa shape index (κ1) is 10.4. The van der Waals surface area contributed by atoms with E-state index in [4.69, 9.17) is 10.6 Å². The van der Waals surface area contributed by atoms with Crippen molar-refractivity contribution in [3.05, 3.63) is 30.0 Å². The molecule has 0 fully saturated rings. The number of rotatable bonds is 0. The number of nitrogens with zero attached hydrogens (tertiary/aromatic N) is 1. The van der Waals surface area contributed by atoms with Gasteiger partial charge in [0.25, 0.3) is 0 Å². The van der Waals surface area contributed by atoms with E-state index in [2.05, 4.69) is 0 Å². The largest absolute Gasteiger partial charge is 0.399 e. The quantitative estimate of drug-likeness (QED) is 0.642. The molecule has 14 heavy (non-hydrogen) atoms. The highest BCUT2D eigenvalue weighted by Crippen LogP contribution is 2.26. The fraction of sp³-hybridized carbons (Fsp3) is 0.273. The number of anilines is 1. The zero-order chi connectivity index (χ0) is 10.6. The lowest BCUT2D eigenvalue weighted by atomic mass is 10.1. The Morgan fingerprint density at radius 2 is 2.00 bits per heavy atom. The van der Waals surface area contributed by atoms with Crippen LogP contribution < -0.4 is 10.6 Å². The molecule has 0 spiro atoms. The number of hydrogen-bond acceptors (Lipinski definition) is 3. The molecule has 2 rings (SSSR count). The van der Waals surface area contributed by atoms with E-state index in [9.17, 15) is 0 Å². The van der Waals surface area contributed by atoms with Gasteiger partial charge in [-0.25, -0.2) is 5.06 Å². The summed E-state index contributed by atoms with van der Waals surface area (Å²) in [7, 11) is 1.84. The van der Waals surface area contributed by atoms with E-state index in [-0.39, 0.29) is 0 Å². The highest BCUT2D eigenvalue weighted by Gasteiger charge is 2.07. The fourth-order valence-corrected chi connectivity index (χ4v) is 1.15. The van der Waals surface area contributed by atoms with Gasteiger partial charge >= 0.3 is 0 Å². The van der Waals surface area contributed by atoms with Crippen molar-refractivity contribution in [1.29, 1.82) is 0 Å². The standard InChI is InChI=1S/C9H10N2O.C2H6/c1-11-5-4-7-6-8(10)2-3-9(7)12-11;1-2/h2-6H,10H2,1H3;1-2H3. The van der Waals surface area contributed by atoms with Crippen LogP contribution in [0, 0.1) is 0 Å². The van der Waals surface area contributed by atoms with E-state index in [0.29, 0.717) is 0 Å². The molecule has 1 aromatic rings. The maximum atomic E-state index is 5.61. The van der Waals surface area contributed by atoms with E-state index in [0.717, 1.165) is 17.0 Å². The Morgan fingerprint density at radius 3 is 2.71 bits per heavy atom. The summed E-state index contributed by atoms with van der Waals surface area (Å²) in [6.07, 6.45) is 3.82. The SMILES string of the molecule is CC.CN1C=Cc2cc(N)ccc2O1. The predicted molar refractivity (Wildman–Crippen MR) is 59.6 cm³/mol. The maximum Gasteiger partial charge on any atom is 0.162 e. The average molecular weight is 192 g/mol. The second kappa shape index (κ2) is 4.56. The molecule has 1 aliphatic heterocycles. The van der Waals surface area contributed by atoms with Crippen LogP contribution in [0.5, 0.6) is 5.75 Å². The molecule has 1 heterocycles. The van der Waals surface area contributed by atoms with Gasteiger partial charge in [-0.05, 0) is 24.3 Å². The third-order valence-electron chi connectivity index (χ3n) is 1.74. The molecule has 0 atom stereocenters. The van der Waals surface area contributed by atoms with Crippen molar-refractivity contribution in [2.45, 2.75) is 13.8 Å². The van der Waals surface area contributed by atoms with Crippen molar-refractivity contribution in [2.24, 2.45) is 0 Å². The molecule has 3 heteroatoms. The highest BCUT2D eigenvalue weighted by atomic mass is 16.7. The van der Waals surface area contributed by atoms with Crippen LogP contribution in [-0.2, 0) is 0 Å². The summed E-state index contributed by atoms with van der Waals surface area (Å²) < 4.78 is 0. The monoisotopic (exact) mass is 192 g/mol. The van der Waals surface area contributed by atoms with Gasteiger partial charge in [-0.1, -0.05) is 13.8 Å². The Hall–Kier alpha value is -1.64. The smallest absolute Gasteiger partial charge is 0.162 e. The molecule has 0 unspecified atom stereocenters. The number of hydroxylamine groups is 2. The van der Waals surface area contributed by atoms with Gasteiger partial charge in [-0.2, -0.15) is 0 Å². The Morgan fingerprint density at radius 1 is 1.29 bits per heavy atom. The minimum Gasteiger partial charge on any atom is -0.399 e. The summed E-state index contributed by atoms with van der Waals surface area (Å²) in [6.45, 7) is 4.00. The zero-order valence-corrected chi connectivity index (χ0v) is 8.82. The summed E-state index contributed by atoms with van der Waals surface area (Å²) in [5, 5.41) is 1.65. The van der Waals surface area contributed by atoms with E-state index in [1.165, 1.54) is 0 Å².